The summed E-state index contributed by atoms with van der Waals surface area (Å²) in [5.74, 6) is 1.75. The largest absolute Gasteiger partial charge is 0.488 e. The Morgan fingerprint density at radius 1 is 0.368 bits per heavy atom. The fourth-order valence-electron chi connectivity index (χ4n) is 4.06. The zero-order valence-electron chi connectivity index (χ0n) is 21.2. The summed E-state index contributed by atoms with van der Waals surface area (Å²) < 4.78 is 12.2. The van der Waals surface area contributed by atoms with Crippen molar-refractivity contribution in [1.82, 2.24) is 0 Å². The summed E-state index contributed by atoms with van der Waals surface area (Å²) in [7, 11) is 0. The van der Waals surface area contributed by atoms with Crippen molar-refractivity contribution in [3.63, 3.8) is 0 Å². The van der Waals surface area contributed by atoms with Gasteiger partial charge in [0.05, 0.1) is 0 Å². The fourth-order valence-corrected chi connectivity index (χ4v) is 4.06. The highest BCUT2D eigenvalue weighted by Crippen LogP contribution is 2.24. The number of rotatable bonds is 10. The Hall–Kier alpha value is -4.82. The Morgan fingerprint density at radius 2 is 0.737 bits per heavy atom. The van der Waals surface area contributed by atoms with Gasteiger partial charge in [0.1, 0.15) is 24.7 Å². The predicted octanol–water partition coefficient (Wildman–Crippen LogP) is 9.19. The van der Waals surface area contributed by atoms with Crippen LogP contribution in [-0.2, 0) is 13.2 Å². The van der Waals surface area contributed by atoms with Crippen LogP contribution >= 0.6 is 0 Å². The third-order valence-corrected chi connectivity index (χ3v) is 6.16. The van der Waals surface area contributed by atoms with E-state index in [4.69, 9.17) is 9.47 Å². The molecule has 186 valence electrons. The second-order valence-corrected chi connectivity index (χ2v) is 8.96. The van der Waals surface area contributed by atoms with Crippen LogP contribution in [0.15, 0.2) is 133 Å². The van der Waals surface area contributed by atoms with E-state index in [0.29, 0.717) is 13.2 Å². The van der Waals surface area contributed by atoms with Crippen LogP contribution in [0.2, 0.25) is 0 Å². The SMILES string of the molecule is C(=Cc1ccccc1OCc1ccccc1)c1ccc(C=Cc2ccccc2OCc2ccccc2)cc1. The van der Waals surface area contributed by atoms with E-state index >= 15 is 0 Å². The van der Waals surface area contributed by atoms with E-state index in [1.54, 1.807) is 0 Å². The molecule has 0 unspecified atom stereocenters. The zero-order valence-corrected chi connectivity index (χ0v) is 21.2. The molecule has 2 heteroatoms. The van der Waals surface area contributed by atoms with Gasteiger partial charge in [-0.1, -0.05) is 146 Å². The number of benzene rings is 5. The van der Waals surface area contributed by atoms with E-state index in [-0.39, 0.29) is 0 Å². The van der Waals surface area contributed by atoms with E-state index in [1.165, 1.54) is 0 Å². The first kappa shape index (κ1) is 24.9. The molecule has 0 amide bonds. The van der Waals surface area contributed by atoms with Gasteiger partial charge < -0.3 is 9.47 Å². The molecule has 0 bridgehead atoms. The molecule has 0 fully saturated rings. The number of ether oxygens (including phenoxy) is 2. The highest BCUT2D eigenvalue weighted by molar-refractivity contribution is 5.75. The first-order valence-corrected chi connectivity index (χ1v) is 12.8. The van der Waals surface area contributed by atoms with Crippen molar-refractivity contribution < 1.29 is 9.47 Å². The molecule has 0 aliphatic heterocycles. The maximum Gasteiger partial charge on any atom is 0.127 e. The van der Waals surface area contributed by atoms with Crippen LogP contribution in [0.25, 0.3) is 24.3 Å². The minimum atomic E-state index is 0.549. The molecule has 0 saturated heterocycles. The topological polar surface area (TPSA) is 18.5 Å². The van der Waals surface area contributed by atoms with Crippen molar-refractivity contribution in [2.24, 2.45) is 0 Å². The van der Waals surface area contributed by atoms with E-state index in [0.717, 1.165) is 44.9 Å². The summed E-state index contributed by atoms with van der Waals surface area (Å²) in [5, 5.41) is 0. The summed E-state index contributed by atoms with van der Waals surface area (Å²) in [6.07, 6.45) is 8.44. The van der Waals surface area contributed by atoms with Crippen LogP contribution in [-0.4, -0.2) is 0 Å². The Labute approximate surface area is 225 Å². The van der Waals surface area contributed by atoms with Crippen molar-refractivity contribution >= 4 is 24.3 Å². The van der Waals surface area contributed by atoms with Gasteiger partial charge in [-0.15, -0.1) is 0 Å². The van der Waals surface area contributed by atoms with Gasteiger partial charge >= 0.3 is 0 Å². The minimum Gasteiger partial charge on any atom is -0.488 e. The monoisotopic (exact) mass is 494 g/mol. The molecule has 5 rings (SSSR count). The van der Waals surface area contributed by atoms with Crippen molar-refractivity contribution in [3.8, 4) is 11.5 Å². The Morgan fingerprint density at radius 3 is 1.16 bits per heavy atom. The lowest BCUT2D eigenvalue weighted by atomic mass is 10.1. The molecule has 0 aliphatic rings. The van der Waals surface area contributed by atoms with E-state index in [9.17, 15) is 0 Å². The third kappa shape index (κ3) is 7.11. The van der Waals surface area contributed by atoms with Crippen LogP contribution in [0.4, 0.5) is 0 Å². The molecular weight excluding hydrogens is 464 g/mol. The molecule has 0 atom stereocenters. The maximum absolute atomic E-state index is 6.09. The normalized spacial score (nSPS) is 11.2. The molecule has 0 heterocycles. The molecular formula is C36H30O2. The highest BCUT2D eigenvalue weighted by Gasteiger charge is 2.02. The Balaban J connectivity index is 1.22. The van der Waals surface area contributed by atoms with Crippen molar-refractivity contribution in [1.29, 1.82) is 0 Å². The quantitative estimate of drug-likeness (QED) is 0.180. The molecule has 0 aliphatic carbocycles. The fraction of sp³-hybridized carbons (Fsp3) is 0.0556. The number of para-hydroxylation sites is 2. The average Bonchev–Trinajstić information content (AvgIpc) is 2.99. The van der Waals surface area contributed by atoms with Gasteiger partial charge in [-0.2, -0.15) is 0 Å². The lowest BCUT2D eigenvalue weighted by Crippen LogP contribution is -1.96. The number of hydrogen-bond acceptors (Lipinski definition) is 2. The summed E-state index contributed by atoms with van der Waals surface area (Å²) in [5.41, 5.74) is 6.68. The third-order valence-electron chi connectivity index (χ3n) is 6.16. The summed E-state index contributed by atoms with van der Waals surface area (Å²) >= 11 is 0. The van der Waals surface area contributed by atoms with Gasteiger partial charge in [0.2, 0.25) is 0 Å². The lowest BCUT2D eigenvalue weighted by molar-refractivity contribution is 0.305. The van der Waals surface area contributed by atoms with Gasteiger partial charge in [-0.05, 0) is 34.4 Å². The summed E-state index contributed by atoms with van der Waals surface area (Å²) in [6, 6.07) is 45.2. The smallest absolute Gasteiger partial charge is 0.127 e. The molecule has 0 spiro atoms. The second kappa shape index (κ2) is 12.9. The first-order chi connectivity index (χ1) is 18.8. The molecule has 0 saturated carbocycles. The molecule has 0 N–H and O–H groups in total. The second-order valence-electron chi connectivity index (χ2n) is 8.96. The maximum atomic E-state index is 6.09. The minimum absolute atomic E-state index is 0.549. The molecule has 38 heavy (non-hydrogen) atoms. The average molecular weight is 495 g/mol. The molecule has 5 aromatic rings. The van der Waals surface area contributed by atoms with Gasteiger partial charge in [-0.25, -0.2) is 0 Å². The Kier molecular flexibility index (Phi) is 8.46. The Bertz CT molecular complexity index is 1370. The van der Waals surface area contributed by atoms with Crippen LogP contribution in [0.5, 0.6) is 11.5 Å². The van der Waals surface area contributed by atoms with E-state index in [1.807, 2.05) is 72.8 Å². The molecule has 2 nitrogen and oxygen atoms in total. The van der Waals surface area contributed by atoms with Crippen molar-refractivity contribution in [3.05, 3.63) is 167 Å². The van der Waals surface area contributed by atoms with Gasteiger partial charge in [-0.3, -0.25) is 0 Å². The number of hydrogen-bond donors (Lipinski definition) is 0. The predicted molar refractivity (Wildman–Crippen MR) is 159 cm³/mol. The van der Waals surface area contributed by atoms with Crippen LogP contribution in [0.1, 0.15) is 33.4 Å². The van der Waals surface area contributed by atoms with Crippen LogP contribution < -0.4 is 9.47 Å². The van der Waals surface area contributed by atoms with Gasteiger partial charge in [0.25, 0.3) is 0 Å². The van der Waals surface area contributed by atoms with E-state index in [2.05, 4.69) is 85.0 Å². The van der Waals surface area contributed by atoms with Gasteiger partial charge in [0.15, 0.2) is 0 Å². The lowest BCUT2D eigenvalue weighted by Gasteiger charge is -2.09. The van der Waals surface area contributed by atoms with Crippen LogP contribution in [0.3, 0.4) is 0 Å². The van der Waals surface area contributed by atoms with Crippen LogP contribution in [0, 0.1) is 0 Å². The molecule has 5 aromatic carbocycles. The zero-order chi connectivity index (χ0) is 25.8. The van der Waals surface area contributed by atoms with E-state index < -0.39 is 0 Å². The molecule has 0 aromatic heterocycles. The standard InChI is InChI=1S/C36H30O2/c1-3-11-31(12-4-1)27-37-35-17-9-7-15-33(35)25-23-29-19-21-30(22-20-29)24-26-34-16-8-10-18-36(34)38-28-32-13-5-2-6-14-32/h1-26H,27-28H2. The summed E-state index contributed by atoms with van der Waals surface area (Å²) in [4.78, 5) is 0. The van der Waals surface area contributed by atoms with Crippen molar-refractivity contribution in [2.45, 2.75) is 13.2 Å². The van der Waals surface area contributed by atoms with Gasteiger partial charge in [0, 0.05) is 11.1 Å². The first-order valence-electron chi connectivity index (χ1n) is 12.8. The summed E-state index contributed by atoms with van der Waals surface area (Å²) in [6.45, 7) is 1.10. The highest BCUT2D eigenvalue weighted by atomic mass is 16.5. The van der Waals surface area contributed by atoms with Crippen molar-refractivity contribution in [2.75, 3.05) is 0 Å². The molecule has 0 radical (unpaired) electrons.